The Hall–Kier alpha value is -3.02. The molecule has 0 saturated carbocycles. The largest absolute Gasteiger partial charge is 0.480 e. The third-order valence-corrected chi connectivity index (χ3v) is 4.67. The zero-order valence-electron chi connectivity index (χ0n) is 14.3. The Kier molecular flexibility index (Phi) is 4.15. The Labute approximate surface area is 158 Å². The Bertz CT molecular complexity index is 1110. The molecular formula is C17H12F5N3O4. The highest BCUT2D eigenvalue weighted by atomic mass is 19.4. The zero-order valence-corrected chi connectivity index (χ0v) is 14.3. The molecule has 7 nitrogen and oxygen atoms in total. The molecule has 1 aliphatic rings. The van der Waals surface area contributed by atoms with Gasteiger partial charge in [0.15, 0.2) is 11.4 Å². The number of β-amino-alcohol motifs (C(OH)–C–C–N with tert-alkyl or cyclic N) is 1. The van der Waals surface area contributed by atoms with E-state index in [1.807, 2.05) is 0 Å². The van der Waals surface area contributed by atoms with Gasteiger partial charge in [-0.05, 0) is 12.1 Å². The second-order valence-corrected chi connectivity index (χ2v) is 6.61. The molecule has 1 fully saturated rings. The molecule has 3 aromatic rings. The number of aliphatic carboxylic acids is 1. The van der Waals surface area contributed by atoms with Crippen LogP contribution in [0.3, 0.4) is 0 Å². The Morgan fingerprint density at radius 1 is 1.17 bits per heavy atom. The highest BCUT2D eigenvalue weighted by Crippen LogP contribution is 2.45. The second-order valence-electron chi connectivity index (χ2n) is 6.61. The number of benzene rings is 1. The summed E-state index contributed by atoms with van der Waals surface area (Å²) in [5.74, 6) is -9.15. The van der Waals surface area contributed by atoms with Gasteiger partial charge in [0.1, 0.15) is 17.1 Å². The number of alkyl halides is 5. The lowest BCUT2D eigenvalue weighted by Crippen LogP contribution is -2.39. The lowest BCUT2D eigenvalue weighted by atomic mass is 10.2. The standard InChI is InChI=1S/C17H12F5N3O4/c18-16(19,17(20,21)22)15-23-11-8-3-1-2-4-10(8)29-12(11)13(24-15)25-6-7(26)5-9(25)14(27)28/h1-4,7,9,26H,5-6H2,(H,27,28)/t7-,9-/m0/s1. The molecule has 0 unspecified atom stereocenters. The molecule has 0 amide bonds. The molecule has 1 saturated heterocycles. The van der Waals surface area contributed by atoms with Crippen molar-refractivity contribution in [2.24, 2.45) is 0 Å². The maximum atomic E-state index is 14.0. The van der Waals surface area contributed by atoms with Crippen LogP contribution in [0.15, 0.2) is 28.7 Å². The van der Waals surface area contributed by atoms with Gasteiger partial charge in [-0.25, -0.2) is 14.8 Å². The number of anilines is 1. The number of carboxylic acids is 1. The smallest absolute Gasteiger partial charge is 0.461 e. The van der Waals surface area contributed by atoms with Crippen LogP contribution < -0.4 is 4.90 Å². The number of para-hydroxylation sites is 1. The van der Waals surface area contributed by atoms with Crippen LogP contribution in [0.2, 0.25) is 0 Å². The average Bonchev–Trinajstić information content (AvgIpc) is 3.20. The van der Waals surface area contributed by atoms with Crippen LogP contribution >= 0.6 is 0 Å². The van der Waals surface area contributed by atoms with Gasteiger partial charge in [0.05, 0.1) is 6.10 Å². The van der Waals surface area contributed by atoms with E-state index in [2.05, 4.69) is 9.97 Å². The average molecular weight is 417 g/mol. The first-order valence-corrected chi connectivity index (χ1v) is 8.32. The van der Waals surface area contributed by atoms with E-state index in [9.17, 15) is 37.0 Å². The van der Waals surface area contributed by atoms with E-state index in [0.717, 1.165) is 4.90 Å². The number of rotatable bonds is 3. The van der Waals surface area contributed by atoms with Crippen molar-refractivity contribution < 1.29 is 41.4 Å². The molecule has 2 atom stereocenters. The van der Waals surface area contributed by atoms with Gasteiger partial charge in [0, 0.05) is 18.4 Å². The highest BCUT2D eigenvalue weighted by molar-refractivity contribution is 6.06. The summed E-state index contributed by atoms with van der Waals surface area (Å²) in [6.45, 7) is -0.336. The summed E-state index contributed by atoms with van der Waals surface area (Å²) in [5.41, 5.74) is -0.402. The SMILES string of the molecule is O=C(O)[C@@H]1C[C@H](O)CN1c1nc(C(F)(F)C(F)(F)F)nc2c1oc1ccccc12. The molecule has 0 radical (unpaired) electrons. The number of aromatic nitrogens is 2. The Balaban J connectivity index is 2.03. The summed E-state index contributed by atoms with van der Waals surface area (Å²) in [6.07, 6.45) is -7.36. The van der Waals surface area contributed by atoms with E-state index in [0.29, 0.717) is 0 Å². The summed E-state index contributed by atoms with van der Waals surface area (Å²) in [7, 11) is 0. The first-order valence-electron chi connectivity index (χ1n) is 8.32. The van der Waals surface area contributed by atoms with Crippen LogP contribution in [0.4, 0.5) is 27.8 Å². The highest BCUT2D eigenvalue weighted by Gasteiger charge is 2.61. The predicted molar refractivity (Wildman–Crippen MR) is 88.7 cm³/mol. The van der Waals surface area contributed by atoms with Crippen molar-refractivity contribution in [1.29, 1.82) is 0 Å². The van der Waals surface area contributed by atoms with E-state index < -0.39 is 41.9 Å². The minimum atomic E-state index is -5.96. The summed E-state index contributed by atoms with van der Waals surface area (Å²) in [6, 6.07) is 4.56. The van der Waals surface area contributed by atoms with Crippen molar-refractivity contribution in [2.45, 2.75) is 30.7 Å². The molecule has 29 heavy (non-hydrogen) atoms. The van der Waals surface area contributed by atoms with Gasteiger partial charge in [-0.1, -0.05) is 12.1 Å². The molecule has 2 N–H and O–H groups in total. The quantitative estimate of drug-likeness (QED) is 0.632. The molecule has 154 valence electrons. The van der Waals surface area contributed by atoms with Crippen LogP contribution in [0.25, 0.3) is 22.1 Å². The fraction of sp³-hybridized carbons (Fsp3) is 0.353. The van der Waals surface area contributed by atoms with Crippen molar-refractivity contribution in [3.05, 3.63) is 30.1 Å². The molecule has 2 aromatic heterocycles. The third-order valence-electron chi connectivity index (χ3n) is 4.67. The molecule has 0 bridgehead atoms. The van der Waals surface area contributed by atoms with Crippen LogP contribution in [0, 0.1) is 0 Å². The topological polar surface area (TPSA) is 99.7 Å². The zero-order chi connectivity index (χ0) is 21.1. The van der Waals surface area contributed by atoms with Gasteiger partial charge in [0.2, 0.25) is 5.82 Å². The molecule has 0 spiro atoms. The number of hydrogen-bond donors (Lipinski definition) is 2. The van der Waals surface area contributed by atoms with E-state index in [1.54, 1.807) is 6.07 Å². The number of fused-ring (bicyclic) bond motifs is 3. The number of hydrogen-bond acceptors (Lipinski definition) is 6. The van der Waals surface area contributed by atoms with Crippen LogP contribution in [0.5, 0.6) is 0 Å². The number of nitrogens with zero attached hydrogens (tertiary/aromatic N) is 3. The van der Waals surface area contributed by atoms with Gasteiger partial charge in [-0.2, -0.15) is 22.0 Å². The maximum Gasteiger partial charge on any atom is 0.461 e. The number of carbonyl (C=O) groups is 1. The summed E-state index contributed by atoms with van der Waals surface area (Å²) in [5, 5.41) is 19.4. The molecular weight excluding hydrogens is 405 g/mol. The van der Waals surface area contributed by atoms with Crippen LogP contribution in [0.1, 0.15) is 12.2 Å². The molecule has 1 aliphatic heterocycles. The van der Waals surface area contributed by atoms with Gasteiger partial charge in [-0.3, -0.25) is 0 Å². The second kappa shape index (κ2) is 6.24. The molecule has 0 aliphatic carbocycles. The van der Waals surface area contributed by atoms with Crippen molar-refractivity contribution in [3.63, 3.8) is 0 Å². The first-order chi connectivity index (χ1) is 13.5. The van der Waals surface area contributed by atoms with E-state index in [4.69, 9.17) is 4.42 Å². The monoisotopic (exact) mass is 417 g/mol. The molecule has 4 rings (SSSR count). The van der Waals surface area contributed by atoms with Gasteiger partial charge < -0.3 is 19.5 Å². The van der Waals surface area contributed by atoms with E-state index in [-0.39, 0.29) is 35.0 Å². The summed E-state index contributed by atoms with van der Waals surface area (Å²) < 4.78 is 72.4. The number of aliphatic hydroxyl groups is 1. The fourth-order valence-electron chi connectivity index (χ4n) is 3.32. The lowest BCUT2D eigenvalue weighted by molar-refractivity contribution is -0.292. The summed E-state index contributed by atoms with van der Waals surface area (Å²) in [4.78, 5) is 19.2. The minimum absolute atomic E-state index is 0.150. The number of halogens is 5. The maximum absolute atomic E-state index is 14.0. The third kappa shape index (κ3) is 2.94. The summed E-state index contributed by atoms with van der Waals surface area (Å²) >= 11 is 0. The molecule has 3 heterocycles. The minimum Gasteiger partial charge on any atom is -0.480 e. The van der Waals surface area contributed by atoms with Crippen LogP contribution in [-0.4, -0.2) is 51.0 Å². The van der Waals surface area contributed by atoms with Gasteiger partial charge >= 0.3 is 18.1 Å². The van der Waals surface area contributed by atoms with Gasteiger partial charge in [-0.15, -0.1) is 0 Å². The lowest BCUT2D eigenvalue weighted by Gasteiger charge is -2.24. The van der Waals surface area contributed by atoms with Gasteiger partial charge in [0.25, 0.3) is 0 Å². The predicted octanol–water partition coefficient (Wildman–Crippen LogP) is 3.05. The van der Waals surface area contributed by atoms with Crippen LogP contribution in [-0.2, 0) is 10.7 Å². The van der Waals surface area contributed by atoms with Crippen molar-refractivity contribution in [1.82, 2.24) is 9.97 Å². The molecule has 12 heteroatoms. The Morgan fingerprint density at radius 3 is 2.52 bits per heavy atom. The van der Waals surface area contributed by atoms with Crippen molar-refractivity contribution >= 4 is 33.9 Å². The van der Waals surface area contributed by atoms with E-state index in [1.165, 1.54) is 18.2 Å². The van der Waals surface area contributed by atoms with Crippen molar-refractivity contribution in [2.75, 3.05) is 11.4 Å². The normalized spacial score (nSPS) is 20.7. The Morgan fingerprint density at radius 2 is 1.86 bits per heavy atom. The molecule has 1 aromatic carbocycles. The fourth-order valence-corrected chi connectivity index (χ4v) is 3.32. The number of aliphatic hydroxyl groups excluding tert-OH is 1. The number of furan rings is 1. The van der Waals surface area contributed by atoms with Crippen molar-refractivity contribution in [3.8, 4) is 0 Å². The van der Waals surface area contributed by atoms with E-state index >= 15 is 0 Å². The number of carboxylic acid groups (broad SMARTS) is 1. The first kappa shape index (κ1) is 19.3.